The second-order valence-electron chi connectivity index (χ2n) is 8.05. The summed E-state index contributed by atoms with van der Waals surface area (Å²) in [5, 5.41) is 0. The Labute approximate surface area is 152 Å². The summed E-state index contributed by atoms with van der Waals surface area (Å²) in [6, 6.07) is 0. The zero-order valence-corrected chi connectivity index (χ0v) is 17.2. The number of carbonyl (C=O) groups excluding carboxylic acids is 1. The van der Waals surface area contributed by atoms with Gasteiger partial charge in [-0.1, -0.05) is 92.4 Å². The van der Waals surface area contributed by atoms with Gasteiger partial charge >= 0.3 is 5.97 Å². The molecule has 0 amide bonds. The standard InChI is InChI=1S/C22H44O2/c1-6-14-20(5)21(15-7-2)18-24-22(23)17-13-11-9-8-10-12-16-19(3)4/h19-21H,6-18H2,1-5H3. The second-order valence-corrected chi connectivity index (χ2v) is 8.05. The number of rotatable bonds is 16. The average molecular weight is 341 g/mol. The Balaban J connectivity index is 3.66. The number of carbonyl (C=O) groups is 1. The summed E-state index contributed by atoms with van der Waals surface area (Å²) in [4.78, 5) is 11.9. The zero-order chi connectivity index (χ0) is 18.2. The molecule has 0 N–H and O–H groups in total. The molecule has 0 spiro atoms. The van der Waals surface area contributed by atoms with Gasteiger partial charge in [-0.3, -0.25) is 4.79 Å². The van der Waals surface area contributed by atoms with Crippen LogP contribution in [0.1, 0.15) is 112 Å². The molecule has 144 valence electrons. The monoisotopic (exact) mass is 340 g/mol. The lowest BCUT2D eigenvalue weighted by atomic mass is 9.87. The Bertz CT molecular complexity index is 286. The topological polar surface area (TPSA) is 26.3 Å². The molecular weight excluding hydrogens is 296 g/mol. The summed E-state index contributed by atoms with van der Waals surface area (Å²) in [7, 11) is 0. The van der Waals surface area contributed by atoms with Crippen LogP contribution in [0.15, 0.2) is 0 Å². The molecule has 0 heterocycles. The van der Waals surface area contributed by atoms with Crippen LogP contribution < -0.4 is 0 Å². The first-order valence-electron chi connectivity index (χ1n) is 10.7. The van der Waals surface area contributed by atoms with E-state index in [0.29, 0.717) is 24.9 Å². The third-order valence-electron chi connectivity index (χ3n) is 5.08. The largest absolute Gasteiger partial charge is 0.465 e. The van der Waals surface area contributed by atoms with Gasteiger partial charge in [-0.15, -0.1) is 0 Å². The van der Waals surface area contributed by atoms with E-state index in [1.54, 1.807) is 0 Å². The Morgan fingerprint density at radius 1 is 0.792 bits per heavy atom. The van der Waals surface area contributed by atoms with Gasteiger partial charge in [-0.05, 0) is 30.6 Å². The van der Waals surface area contributed by atoms with Crippen molar-refractivity contribution in [2.75, 3.05) is 6.61 Å². The summed E-state index contributed by atoms with van der Waals surface area (Å²) in [5.41, 5.74) is 0. The number of esters is 1. The Morgan fingerprint density at radius 3 is 1.96 bits per heavy atom. The average Bonchev–Trinajstić information content (AvgIpc) is 2.53. The minimum atomic E-state index is 0.0135. The number of ether oxygens (including phenoxy) is 1. The quantitative estimate of drug-likeness (QED) is 0.220. The SMILES string of the molecule is CCCC(C)C(CCC)COC(=O)CCCCCCCCC(C)C. The lowest BCUT2D eigenvalue weighted by molar-refractivity contribution is -0.145. The zero-order valence-electron chi connectivity index (χ0n) is 17.2. The molecule has 0 aliphatic heterocycles. The highest BCUT2D eigenvalue weighted by Gasteiger charge is 2.17. The molecule has 0 aromatic heterocycles. The molecule has 0 radical (unpaired) electrons. The van der Waals surface area contributed by atoms with Crippen molar-refractivity contribution in [3.63, 3.8) is 0 Å². The van der Waals surface area contributed by atoms with Crippen LogP contribution in [0.3, 0.4) is 0 Å². The molecule has 0 bridgehead atoms. The highest BCUT2D eigenvalue weighted by molar-refractivity contribution is 5.69. The molecule has 0 fully saturated rings. The van der Waals surface area contributed by atoms with Gasteiger partial charge in [0.1, 0.15) is 0 Å². The van der Waals surface area contributed by atoms with Crippen molar-refractivity contribution in [1.82, 2.24) is 0 Å². The molecule has 2 nitrogen and oxygen atoms in total. The van der Waals surface area contributed by atoms with Crippen LogP contribution >= 0.6 is 0 Å². The highest BCUT2D eigenvalue weighted by atomic mass is 16.5. The van der Waals surface area contributed by atoms with Crippen molar-refractivity contribution >= 4 is 5.97 Å². The maximum absolute atomic E-state index is 11.9. The van der Waals surface area contributed by atoms with Crippen LogP contribution in [0, 0.1) is 17.8 Å². The summed E-state index contributed by atoms with van der Waals surface area (Å²) >= 11 is 0. The van der Waals surface area contributed by atoms with E-state index < -0.39 is 0 Å². The van der Waals surface area contributed by atoms with E-state index >= 15 is 0 Å². The van der Waals surface area contributed by atoms with Gasteiger partial charge in [0.15, 0.2) is 0 Å². The lowest BCUT2D eigenvalue weighted by Crippen LogP contribution is -2.20. The lowest BCUT2D eigenvalue weighted by Gasteiger charge is -2.23. The van der Waals surface area contributed by atoms with Crippen molar-refractivity contribution in [2.45, 2.75) is 112 Å². The Morgan fingerprint density at radius 2 is 1.38 bits per heavy atom. The molecule has 0 aromatic carbocycles. The maximum Gasteiger partial charge on any atom is 0.305 e. The predicted octanol–water partition coefficient (Wildman–Crippen LogP) is 7.16. The molecule has 0 saturated carbocycles. The van der Waals surface area contributed by atoms with E-state index in [2.05, 4.69) is 34.6 Å². The van der Waals surface area contributed by atoms with Crippen molar-refractivity contribution in [2.24, 2.45) is 17.8 Å². The van der Waals surface area contributed by atoms with Crippen LogP contribution in [-0.2, 0) is 9.53 Å². The van der Waals surface area contributed by atoms with Gasteiger partial charge < -0.3 is 4.74 Å². The van der Waals surface area contributed by atoms with Crippen LogP contribution in [-0.4, -0.2) is 12.6 Å². The summed E-state index contributed by atoms with van der Waals surface area (Å²) in [5.74, 6) is 2.05. The number of unbranched alkanes of at least 4 members (excludes halogenated alkanes) is 5. The van der Waals surface area contributed by atoms with Crippen molar-refractivity contribution < 1.29 is 9.53 Å². The molecule has 2 atom stereocenters. The fourth-order valence-corrected chi connectivity index (χ4v) is 3.40. The summed E-state index contributed by atoms with van der Waals surface area (Å²) in [6.07, 6.45) is 14.2. The maximum atomic E-state index is 11.9. The van der Waals surface area contributed by atoms with Crippen LogP contribution in [0.5, 0.6) is 0 Å². The van der Waals surface area contributed by atoms with E-state index in [1.807, 2.05) is 0 Å². The molecule has 0 aromatic rings. The molecule has 0 aliphatic carbocycles. The van der Waals surface area contributed by atoms with Gasteiger partial charge in [0.2, 0.25) is 0 Å². The van der Waals surface area contributed by atoms with Crippen molar-refractivity contribution in [3.8, 4) is 0 Å². The summed E-state index contributed by atoms with van der Waals surface area (Å²) in [6.45, 7) is 12.0. The van der Waals surface area contributed by atoms with Crippen molar-refractivity contribution in [1.29, 1.82) is 0 Å². The fourth-order valence-electron chi connectivity index (χ4n) is 3.40. The van der Waals surface area contributed by atoms with E-state index in [9.17, 15) is 4.79 Å². The smallest absolute Gasteiger partial charge is 0.305 e. The van der Waals surface area contributed by atoms with Gasteiger partial charge in [0.05, 0.1) is 6.61 Å². The van der Waals surface area contributed by atoms with Crippen LogP contribution in [0.25, 0.3) is 0 Å². The third kappa shape index (κ3) is 13.9. The molecule has 2 unspecified atom stereocenters. The summed E-state index contributed by atoms with van der Waals surface area (Å²) < 4.78 is 5.56. The fraction of sp³-hybridized carbons (Fsp3) is 0.955. The minimum Gasteiger partial charge on any atom is -0.465 e. The number of hydrogen-bond donors (Lipinski definition) is 0. The predicted molar refractivity (Wildman–Crippen MR) is 105 cm³/mol. The van der Waals surface area contributed by atoms with Crippen molar-refractivity contribution in [3.05, 3.63) is 0 Å². The third-order valence-corrected chi connectivity index (χ3v) is 5.08. The first-order valence-corrected chi connectivity index (χ1v) is 10.7. The first kappa shape index (κ1) is 23.5. The molecule has 2 heteroatoms. The molecular formula is C22H44O2. The Hall–Kier alpha value is -0.530. The normalized spacial score (nSPS) is 13.9. The van der Waals surface area contributed by atoms with E-state index in [1.165, 1.54) is 64.2 Å². The van der Waals surface area contributed by atoms with E-state index in [4.69, 9.17) is 4.74 Å². The van der Waals surface area contributed by atoms with Gasteiger partial charge in [-0.25, -0.2) is 0 Å². The minimum absolute atomic E-state index is 0.0135. The molecule has 0 saturated heterocycles. The van der Waals surface area contributed by atoms with Gasteiger partial charge in [-0.2, -0.15) is 0 Å². The molecule has 24 heavy (non-hydrogen) atoms. The number of hydrogen-bond acceptors (Lipinski definition) is 2. The van der Waals surface area contributed by atoms with Crippen LogP contribution in [0.4, 0.5) is 0 Å². The van der Waals surface area contributed by atoms with E-state index in [0.717, 1.165) is 12.3 Å². The van der Waals surface area contributed by atoms with E-state index in [-0.39, 0.29) is 5.97 Å². The molecule has 0 aliphatic rings. The van der Waals surface area contributed by atoms with Gasteiger partial charge in [0.25, 0.3) is 0 Å². The molecule has 0 rings (SSSR count). The second kappa shape index (κ2) is 16.0. The highest BCUT2D eigenvalue weighted by Crippen LogP contribution is 2.22. The van der Waals surface area contributed by atoms with Gasteiger partial charge in [0, 0.05) is 6.42 Å². The Kier molecular flexibility index (Phi) is 15.6. The first-order chi connectivity index (χ1) is 11.5. The van der Waals surface area contributed by atoms with Crippen LogP contribution in [0.2, 0.25) is 0 Å².